The highest BCUT2D eigenvalue weighted by Crippen LogP contribution is 2.14. The first-order valence-corrected chi connectivity index (χ1v) is 9.60. The van der Waals surface area contributed by atoms with Gasteiger partial charge in [0.2, 0.25) is 5.91 Å². The maximum Gasteiger partial charge on any atom is 0.269 e. The van der Waals surface area contributed by atoms with Gasteiger partial charge in [0.15, 0.2) is 0 Å². The fourth-order valence-corrected chi connectivity index (χ4v) is 2.82. The summed E-state index contributed by atoms with van der Waals surface area (Å²) in [5, 5.41) is 0. The lowest BCUT2D eigenvalue weighted by atomic mass is 10.1. The van der Waals surface area contributed by atoms with Crippen LogP contribution in [0.15, 0.2) is 84.9 Å². The fraction of sp³-hybridized carbons (Fsp3) is 0.167. The van der Waals surface area contributed by atoms with Crippen LogP contribution in [0.25, 0.3) is 0 Å². The molecule has 0 fully saturated rings. The zero-order valence-corrected chi connectivity index (χ0v) is 16.1. The zero-order valence-electron chi connectivity index (χ0n) is 16.1. The summed E-state index contributed by atoms with van der Waals surface area (Å²) in [6, 6.07) is 26.7. The molecule has 0 bridgehead atoms. The average Bonchev–Trinajstić information content (AvgIpc) is 2.77. The average molecular weight is 388 g/mol. The predicted octanol–water partition coefficient (Wildman–Crippen LogP) is 3.70. The van der Waals surface area contributed by atoms with E-state index in [4.69, 9.17) is 4.74 Å². The van der Waals surface area contributed by atoms with Gasteiger partial charge in [-0.1, -0.05) is 66.7 Å². The van der Waals surface area contributed by atoms with Crippen molar-refractivity contribution < 1.29 is 14.3 Å². The van der Waals surface area contributed by atoms with E-state index in [0.717, 1.165) is 12.0 Å². The maximum absolute atomic E-state index is 12.3. The molecule has 29 heavy (non-hydrogen) atoms. The van der Waals surface area contributed by atoms with E-state index in [9.17, 15) is 9.59 Å². The number of rotatable bonds is 8. The second-order valence-corrected chi connectivity index (χ2v) is 6.60. The zero-order chi connectivity index (χ0) is 20.3. The van der Waals surface area contributed by atoms with Crippen LogP contribution in [0.5, 0.6) is 5.75 Å². The third kappa shape index (κ3) is 6.81. The predicted molar refractivity (Wildman–Crippen MR) is 112 cm³/mol. The number of nitrogens with one attached hydrogen (secondary N) is 2. The Balaban J connectivity index is 1.43. The Labute approximate surface area is 170 Å². The third-order valence-electron chi connectivity index (χ3n) is 4.40. The van der Waals surface area contributed by atoms with Gasteiger partial charge in [-0.15, -0.1) is 0 Å². The van der Waals surface area contributed by atoms with Crippen molar-refractivity contribution in [2.24, 2.45) is 0 Å². The van der Waals surface area contributed by atoms with Gasteiger partial charge in [0, 0.05) is 18.4 Å². The molecule has 0 spiro atoms. The van der Waals surface area contributed by atoms with Gasteiger partial charge in [-0.05, 0) is 35.7 Å². The van der Waals surface area contributed by atoms with Crippen molar-refractivity contribution in [3.63, 3.8) is 0 Å². The first-order valence-electron chi connectivity index (χ1n) is 9.60. The summed E-state index contributed by atoms with van der Waals surface area (Å²) in [7, 11) is 0. The molecule has 2 N–H and O–H groups in total. The van der Waals surface area contributed by atoms with E-state index in [-0.39, 0.29) is 11.8 Å². The van der Waals surface area contributed by atoms with Crippen LogP contribution >= 0.6 is 0 Å². The monoisotopic (exact) mass is 388 g/mol. The Hall–Kier alpha value is -3.60. The number of ether oxygens (including phenoxy) is 1. The van der Waals surface area contributed by atoms with Crippen LogP contribution < -0.4 is 15.6 Å². The Bertz CT molecular complexity index is 927. The molecule has 3 aromatic rings. The molecule has 0 radical (unpaired) electrons. The quantitative estimate of drug-likeness (QED) is 0.578. The van der Waals surface area contributed by atoms with Crippen LogP contribution in [0.4, 0.5) is 0 Å². The number of amides is 2. The molecule has 5 nitrogen and oxygen atoms in total. The van der Waals surface area contributed by atoms with E-state index in [0.29, 0.717) is 30.8 Å². The minimum atomic E-state index is -0.383. The van der Waals surface area contributed by atoms with E-state index in [1.807, 2.05) is 60.7 Å². The first-order chi connectivity index (χ1) is 14.2. The molecule has 2 amide bonds. The van der Waals surface area contributed by atoms with Gasteiger partial charge in [-0.25, -0.2) is 0 Å². The highest BCUT2D eigenvalue weighted by atomic mass is 16.5. The number of aryl methyl sites for hydroxylation is 1. The van der Waals surface area contributed by atoms with Crippen molar-refractivity contribution in [3.05, 3.63) is 102 Å². The van der Waals surface area contributed by atoms with Gasteiger partial charge >= 0.3 is 0 Å². The van der Waals surface area contributed by atoms with Crippen LogP contribution in [-0.2, 0) is 17.6 Å². The molecule has 0 aliphatic rings. The summed E-state index contributed by atoms with van der Waals surface area (Å²) in [4.78, 5) is 24.2. The number of carbonyl (C=O) groups is 2. The molecule has 148 valence electrons. The maximum atomic E-state index is 12.3. The van der Waals surface area contributed by atoms with Crippen LogP contribution in [0, 0.1) is 0 Å². The molecule has 0 atom stereocenters. The Morgan fingerprint density at radius 1 is 0.724 bits per heavy atom. The molecule has 0 aliphatic heterocycles. The van der Waals surface area contributed by atoms with Crippen LogP contribution in [0.3, 0.4) is 0 Å². The van der Waals surface area contributed by atoms with Crippen molar-refractivity contribution in [1.29, 1.82) is 0 Å². The molecule has 5 heteroatoms. The summed E-state index contributed by atoms with van der Waals surface area (Å²) >= 11 is 0. The topological polar surface area (TPSA) is 67.4 Å². The lowest BCUT2D eigenvalue weighted by molar-refractivity contribution is -0.121. The normalized spacial score (nSPS) is 10.2. The summed E-state index contributed by atoms with van der Waals surface area (Å²) in [5.41, 5.74) is 7.60. The smallest absolute Gasteiger partial charge is 0.269 e. The van der Waals surface area contributed by atoms with Gasteiger partial charge in [0.25, 0.3) is 5.91 Å². The van der Waals surface area contributed by atoms with Crippen molar-refractivity contribution >= 4 is 11.8 Å². The summed E-state index contributed by atoms with van der Waals surface area (Å²) in [5.74, 6) is -0.00646. The van der Waals surface area contributed by atoms with Crippen LogP contribution in [-0.4, -0.2) is 18.4 Å². The first kappa shape index (κ1) is 20.1. The summed E-state index contributed by atoms with van der Waals surface area (Å²) in [6.45, 7) is 0.519. The lowest BCUT2D eigenvalue weighted by Crippen LogP contribution is -2.41. The van der Waals surface area contributed by atoms with Crippen molar-refractivity contribution in [3.8, 4) is 5.75 Å². The van der Waals surface area contributed by atoms with Crippen molar-refractivity contribution in [2.45, 2.75) is 19.3 Å². The molecule has 0 heterocycles. The highest BCUT2D eigenvalue weighted by Gasteiger charge is 2.09. The molecule has 3 aromatic carbocycles. The molecule has 0 aromatic heterocycles. The SMILES string of the molecule is O=C(CCc1ccccc1)NNC(=O)c1cccc(OCCc2ccccc2)c1. The third-order valence-corrected chi connectivity index (χ3v) is 4.40. The highest BCUT2D eigenvalue weighted by molar-refractivity contribution is 5.95. The lowest BCUT2D eigenvalue weighted by Gasteiger charge is -2.10. The molecule has 0 saturated heterocycles. The molecular formula is C24H24N2O3. The minimum Gasteiger partial charge on any atom is -0.493 e. The number of hydrogen-bond acceptors (Lipinski definition) is 3. The molecular weight excluding hydrogens is 364 g/mol. The van der Waals surface area contributed by atoms with Gasteiger partial charge in [-0.2, -0.15) is 0 Å². The number of carbonyl (C=O) groups excluding carboxylic acids is 2. The van der Waals surface area contributed by atoms with Crippen molar-refractivity contribution in [2.75, 3.05) is 6.61 Å². The van der Waals surface area contributed by atoms with Gasteiger partial charge < -0.3 is 4.74 Å². The number of benzene rings is 3. The fourth-order valence-electron chi connectivity index (χ4n) is 2.82. The van der Waals surface area contributed by atoms with Gasteiger partial charge in [0.05, 0.1) is 6.61 Å². The summed E-state index contributed by atoms with van der Waals surface area (Å²) < 4.78 is 5.75. The Kier molecular flexibility index (Phi) is 7.41. The van der Waals surface area contributed by atoms with Crippen LogP contribution in [0.2, 0.25) is 0 Å². The molecule has 0 saturated carbocycles. The van der Waals surface area contributed by atoms with Crippen molar-refractivity contribution in [1.82, 2.24) is 10.9 Å². The molecule has 3 rings (SSSR count). The second-order valence-electron chi connectivity index (χ2n) is 6.60. The number of hydrogen-bond donors (Lipinski definition) is 2. The standard InChI is InChI=1S/C24H24N2O3/c27-23(15-14-19-8-3-1-4-9-19)25-26-24(28)21-12-7-13-22(18-21)29-17-16-20-10-5-2-6-11-20/h1-13,18H,14-17H2,(H,25,27)(H,26,28). The Morgan fingerprint density at radius 2 is 1.38 bits per heavy atom. The molecule has 0 aliphatic carbocycles. The second kappa shape index (κ2) is 10.7. The molecule has 0 unspecified atom stereocenters. The Morgan fingerprint density at radius 3 is 2.07 bits per heavy atom. The largest absolute Gasteiger partial charge is 0.493 e. The minimum absolute atomic E-state index is 0.238. The number of hydrazine groups is 1. The van der Waals surface area contributed by atoms with E-state index >= 15 is 0 Å². The van der Waals surface area contributed by atoms with E-state index in [1.54, 1.807) is 24.3 Å². The van der Waals surface area contributed by atoms with Gasteiger partial charge in [-0.3, -0.25) is 20.4 Å². The summed E-state index contributed by atoms with van der Waals surface area (Å²) in [6.07, 6.45) is 1.70. The van der Waals surface area contributed by atoms with E-state index < -0.39 is 0 Å². The van der Waals surface area contributed by atoms with Gasteiger partial charge in [0.1, 0.15) is 5.75 Å². The van der Waals surface area contributed by atoms with E-state index in [1.165, 1.54) is 5.56 Å². The van der Waals surface area contributed by atoms with E-state index in [2.05, 4.69) is 10.9 Å². The van der Waals surface area contributed by atoms with Crippen LogP contribution in [0.1, 0.15) is 27.9 Å².